The van der Waals surface area contributed by atoms with Gasteiger partial charge in [-0.05, 0) is 5.57 Å². The summed E-state index contributed by atoms with van der Waals surface area (Å²) in [5.41, 5.74) is 6.51. The van der Waals surface area contributed by atoms with Crippen molar-refractivity contribution in [1.82, 2.24) is 25.4 Å². The molecule has 19 heteroatoms. The Morgan fingerprint density at radius 2 is 2.00 bits per heavy atom. The number of nitrogens with zero attached hydrogens (tertiary/aromatic N) is 4. The lowest BCUT2D eigenvalue weighted by atomic mass is 10.0. The molecule has 2 atom stereocenters. The fraction of sp³-hybridized carbons (Fsp3) is 0.412. The largest absolute Gasteiger partial charge is 0.477 e. The number of aliphatic carboxylic acids is 1. The molecule has 13 nitrogen and oxygen atoms in total. The maximum atomic E-state index is 12.8. The number of β-lactam (4-membered cyclic amide) rings is 1. The highest BCUT2D eigenvalue weighted by Gasteiger charge is 2.54. The number of aromatic nitrogens is 3. The van der Waals surface area contributed by atoms with Crippen molar-refractivity contribution in [2.24, 2.45) is 0 Å². The van der Waals surface area contributed by atoms with Crippen LogP contribution in [0.5, 0.6) is 0 Å². The van der Waals surface area contributed by atoms with Gasteiger partial charge < -0.3 is 16.2 Å². The molecule has 5 N–H and O–H groups in total. The van der Waals surface area contributed by atoms with Gasteiger partial charge in [0.25, 0.3) is 16.0 Å². The summed E-state index contributed by atoms with van der Waals surface area (Å²) in [6.07, 6.45) is -0.0314. The van der Waals surface area contributed by atoms with Gasteiger partial charge >= 0.3 is 5.97 Å². The zero-order valence-electron chi connectivity index (χ0n) is 18.0. The molecule has 194 valence electrons. The van der Waals surface area contributed by atoms with Gasteiger partial charge in [-0.2, -0.15) is 8.42 Å². The number of rotatable bonds is 11. The Hall–Kier alpha value is -1.90. The van der Waals surface area contributed by atoms with E-state index in [-0.39, 0.29) is 23.6 Å². The number of carboxylic acids is 1. The lowest BCUT2D eigenvalue weighted by molar-refractivity contribution is -0.150. The van der Waals surface area contributed by atoms with E-state index in [1.165, 1.54) is 51.1 Å². The Morgan fingerprint density at radius 3 is 2.64 bits per heavy atom. The van der Waals surface area contributed by atoms with Crippen LogP contribution in [0.15, 0.2) is 25.3 Å². The molecule has 0 bridgehead atoms. The first-order valence-corrected chi connectivity index (χ1v) is 16.3. The number of nitrogen functional groups attached to an aromatic ring is 1. The maximum absolute atomic E-state index is 12.8. The van der Waals surface area contributed by atoms with Crippen molar-refractivity contribution in [3.8, 4) is 0 Å². The van der Waals surface area contributed by atoms with Crippen molar-refractivity contribution in [3.63, 3.8) is 0 Å². The second-order valence-corrected chi connectivity index (χ2v) is 14.4. The molecule has 36 heavy (non-hydrogen) atoms. The summed E-state index contributed by atoms with van der Waals surface area (Å²) in [7, 11) is -4.06. The van der Waals surface area contributed by atoms with Crippen LogP contribution in [-0.4, -0.2) is 90.4 Å². The first-order valence-electron chi connectivity index (χ1n) is 9.95. The standard InChI is InChI=1S/C17H18N6O7S6/c18-15-19-8(6-33-15)3-9(24)20-10-12(25)23-11(14(26)27)7(4-32-13(10)23)5-34-17-22-21-16(35-17)31-1-2-36(28,29)30/h6,10,13H,1-5H2,(H2,18,19)(H,20,24)(H,26,27)(H,28,29,30)/t10?,13-/m1/s1. The third-order valence-electron chi connectivity index (χ3n) is 4.80. The van der Waals surface area contributed by atoms with E-state index in [1.807, 2.05) is 0 Å². The summed E-state index contributed by atoms with van der Waals surface area (Å²) in [6.45, 7) is 0. The number of hydrogen-bond donors (Lipinski definition) is 4. The molecule has 0 radical (unpaired) electrons. The Balaban J connectivity index is 1.35. The van der Waals surface area contributed by atoms with Crippen molar-refractivity contribution in [2.75, 3.05) is 28.7 Å². The number of nitrogens with one attached hydrogen (secondary N) is 1. The second kappa shape index (κ2) is 11.2. The van der Waals surface area contributed by atoms with E-state index in [9.17, 15) is 27.9 Å². The summed E-state index contributed by atoms with van der Waals surface area (Å²) in [4.78, 5) is 42.4. The number of carbonyl (C=O) groups excluding carboxylic acids is 2. The van der Waals surface area contributed by atoms with Crippen LogP contribution in [0.2, 0.25) is 0 Å². The van der Waals surface area contributed by atoms with Crippen LogP contribution in [0.3, 0.4) is 0 Å². The summed E-state index contributed by atoms with van der Waals surface area (Å²) >= 11 is 6.19. The normalized spacial score (nSPS) is 19.7. The molecule has 4 heterocycles. The van der Waals surface area contributed by atoms with E-state index in [2.05, 4.69) is 20.5 Å². The van der Waals surface area contributed by atoms with E-state index < -0.39 is 45.1 Å². The lowest BCUT2D eigenvalue weighted by Gasteiger charge is -2.49. The smallest absolute Gasteiger partial charge is 0.352 e. The highest BCUT2D eigenvalue weighted by molar-refractivity contribution is 8.04. The minimum absolute atomic E-state index is 0.0314. The third-order valence-corrected chi connectivity index (χ3v) is 11.1. The highest BCUT2D eigenvalue weighted by atomic mass is 32.2. The van der Waals surface area contributed by atoms with Gasteiger partial charge in [0.1, 0.15) is 17.1 Å². The average Bonchev–Trinajstić information content (AvgIpc) is 3.42. The Kier molecular flexibility index (Phi) is 8.47. The van der Waals surface area contributed by atoms with Gasteiger partial charge in [0.15, 0.2) is 13.8 Å². The van der Waals surface area contributed by atoms with Gasteiger partial charge in [0.2, 0.25) is 5.91 Å². The monoisotopic (exact) mass is 610 g/mol. The van der Waals surface area contributed by atoms with Crippen LogP contribution in [-0.2, 0) is 30.9 Å². The second-order valence-electron chi connectivity index (χ2n) is 7.32. The van der Waals surface area contributed by atoms with E-state index in [0.717, 1.165) is 11.8 Å². The van der Waals surface area contributed by atoms with Gasteiger partial charge in [0.05, 0.1) is 17.9 Å². The van der Waals surface area contributed by atoms with E-state index in [4.69, 9.17) is 10.3 Å². The number of fused-ring (bicyclic) bond motifs is 1. The van der Waals surface area contributed by atoms with E-state index >= 15 is 0 Å². The summed E-state index contributed by atoms with van der Waals surface area (Å²) in [5.74, 6) is -1.79. The quantitative estimate of drug-likeness (QED) is 0.156. The first-order chi connectivity index (χ1) is 17.0. The van der Waals surface area contributed by atoms with Crippen LogP contribution in [0.25, 0.3) is 0 Å². The van der Waals surface area contributed by atoms with Gasteiger partial charge in [-0.15, -0.1) is 33.3 Å². The maximum Gasteiger partial charge on any atom is 0.352 e. The zero-order chi connectivity index (χ0) is 26.0. The summed E-state index contributed by atoms with van der Waals surface area (Å²) < 4.78 is 31.5. The number of anilines is 1. The fourth-order valence-corrected chi connectivity index (χ4v) is 9.25. The van der Waals surface area contributed by atoms with Crippen molar-refractivity contribution in [1.29, 1.82) is 0 Å². The fourth-order valence-electron chi connectivity index (χ4n) is 3.28. The molecule has 2 aromatic heterocycles. The molecule has 2 amide bonds. The van der Waals surface area contributed by atoms with Crippen molar-refractivity contribution in [3.05, 3.63) is 22.3 Å². The number of hydrogen-bond acceptors (Lipinski definition) is 14. The Labute approximate surface area is 225 Å². The predicted octanol–water partition coefficient (Wildman–Crippen LogP) is 0.630. The third kappa shape index (κ3) is 6.50. The molecule has 4 rings (SSSR count). The predicted molar refractivity (Wildman–Crippen MR) is 138 cm³/mol. The number of carbonyl (C=O) groups is 3. The molecule has 0 aliphatic carbocycles. The van der Waals surface area contributed by atoms with Crippen molar-refractivity contribution < 1.29 is 32.5 Å². The molecule has 1 fully saturated rings. The Bertz CT molecular complexity index is 1320. The minimum Gasteiger partial charge on any atom is -0.477 e. The zero-order valence-corrected chi connectivity index (χ0v) is 22.9. The van der Waals surface area contributed by atoms with Crippen LogP contribution in [0, 0.1) is 0 Å². The van der Waals surface area contributed by atoms with E-state index in [1.54, 1.807) is 5.38 Å². The molecule has 2 aliphatic heterocycles. The van der Waals surface area contributed by atoms with Crippen molar-refractivity contribution in [2.45, 2.75) is 26.5 Å². The number of thioether (sulfide) groups is 3. The van der Waals surface area contributed by atoms with Gasteiger partial charge in [-0.1, -0.05) is 34.9 Å². The first kappa shape index (κ1) is 27.1. The Morgan fingerprint density at radius 1 is 1.28 bits per heavy atom. The average molecular weight is 611 g/mol. The number of nitrogens with two attached hydrogens (primary N) is 1. The van der Waals surface area contributed by atoms with Crippen LogP contribution >= 0.6 is 58.0 Å². The molecular weight excluding hydrogens is 593 g/mol. The van der Waals surface area contributed by atoms with Crippen molar-refractivity contribution >= 4 is 91.0 Å². The van der Waals surface area contributed by atoms with Crippen LogP contribution in [0.1, 0.15) is 5.69 Å². The molecule has 0 spiro atoms. The molecule has 2 aromatic rings. The number of thiazole rings is 1. The molecule has 1 unspecified atom stereocenters. The summed E-state index contributed by atoms with van der Waals surface area (Å²) in [6, 6.07) is -0.826. The van der Waals surface area contributed by atoms with E-state index in [0.29, 0.717) is 30.8 Å². The molecule has 0 aromatic carbocycles. The van der Waals surface area contributed by atoms with Crippen LogP contribution in [0.4, 0.5) is 5.13 Å². The molecule has 0 saturated carbocycles. The molecule has 1 saturated heterocycles. The van der Waals surface area contributed by atoms with Gasteiger partial charge in [0, 0.05) is 22.6 Å². The SMILES string of the molecule is Nc1nc(CC(=O)NC2C(=O)N3C(C(=O)O)=C(CSc4nnc(SCCS(=O)(=O)O)s4)CS[C@H]23)cs1. The highest BCUT2D eigenvalue weighted by Crippen LogP contribution is 2.42. The van der Waals surface area contributed by atoms with Crippen LogP contribution < -0.4 is 11.1 Å². The number of carboxylic acid groups (broad SMARTS) is 1. The minimum atomic E-state index is -4.06. The van der Waals surface area contributed by atoms with Gasteiger partial charge in [-0.3, -0.25) is 19.0 Å². The number of amides is 2. The molecule has 2 aliphatic rings. The topological polar surface area (TPSA) is 206 Å². The lowest BCUT2D eigenvalue weighted by Crippen LogP contribution is -2.70. The van der Waals surface area contributed by atoms with Gasteiger partial charge in [-0.25, -0.2) is 9.78 Å². The summed E-state index contributed by atoms with van der Waals surface area (Å²) in [5, 5.41) is 21.9. The molecular formula is C17H18N6O7S6.